The summed E-state index contributed by atoms with van der Waals surface area (Å²) in [6.07, 6.45) is 8.03. The van der Waals surface area contributed by atoms with Gasteiger partial charge in [0.2, 0.25) is 5.91 Å². The minimum Gasteiger partial charge on any atom is -0.369 e. The van der Waals surface area contributed by atoms with Gasteiger partial charge in [0.1, 0.15) is 5.65 Å². The Bertz CT molecular complexity index is 1850. The quantitative estimate of drug-likeness (QED) is 0.206. The number of hydrogen-bond donors (Lipinski definition) is 2. The van der Waals surface area contributed by atoms with E-state index in [9.17, 15) is 4.79 Å². The Morgan fingerprint density at radius 1 is 0.977 bits per heavy atom. The van der Waals surface area contributed by atoms with Gasteiger partial charge in [-0.25, -0.2) is 4.98 Å². The Morgan fingerprint density at radius 2 is 1.70 bits per heavy atom. The number of likely N-dealkylation sites (N-methyl/N-ethyl adjacent to an activating group) is 1. The highest BCUT2D eigenvalue weighted by Crippen LogP contribution is 2.43. The number of anilines is 2. The van der Waals surface area contributed by atoms with Gasteiger partial charge >= 0.3 is 0 Å². The van der Waals surface area contributed by atoms with Crippen molar-refractivity contribution in [1.29, 1.82) is 0 Å². The first-order valence-corrected chi connectivity index (χ1v) is 15.4. The number of nitrogens with one attached hydrogen (secondary N) is 2. The van der Waals surface area contributed by atoms with Crippen molar-refractivity contribution in [3.8, 4) is 33.5 Å². The number of nitrogens with zero attached hydrogens (tertiary/aromatic N) is 5. The molecule has 2 N–H and O–H groups in total. The fraction of sp³-hybridized carbons (Fsp3) is 0.306. The standard InChI is InChI=1S/C36H41N7O/c1-7-9-32(44)39-31-20-26(11-10-23(31)3)33-34-28(8-2)30(29-22-38-42(6)24(29)4)21-37-36(34)40-35(33)25-12-14-27(15-13-25)43-18-16-41(5)17-19-43/h7,9-15,20-22H,8,16-19H2,1-6H3,(H,37,40)(H,39,44). The highest BCUT2D eigenvalue weighted by molar-refractivity contribution is 6.07. The number of aromatic nitrogens is 4. The van der Waals surface area contributed by atoms with E-state index in [2.05, 4.69) is 88.6 Å². The van der Waals surface area contributed by atoms with Gasteiger partial charge in [0, 0.05) is 78.6 Å². The van der Waals surface area contributed by atoms with E-state index in [1.54, 1.807) is 12.2 Å². The number of aromatic amines is 1. The van der Waals surface area contributed by atoms with Gasteiger partial charge in [-0.15, -0.1) is 0 Å². The number of hydrogen-bond acceptors (Lipinski definition) is 5. The molecule has 1 fully saturated rings. The van der Waals surface area contributed by atoms with Crippen LogP contribution in [0.5, 0.6) is 0 Å². The van der Waals surface area contributed by atoms with Crippen LogP contribution in [-0.2, 0) is 18.3 Å². The molecule has 5 aromatic rings. The van der Waals surface area contributed by atoms with Gasteiger partial charge < -0.3 is 20.1 Å². The Balaban J connectivity index is 1.55. The maximum Gasteiger partial charge on any atom is 0.248 e. The molecule has 0 atom stereocenters. The fourth-order valence-electron chi connectivity index (χ4n) is 6.23. The average Bonchev–Trinajstić information content (AvgIpc) is 3.58. The molecule has 0 unspecified atom stereocenters. The van der Waals surface area contributed by atoms with Crippen LogP contribution in [-0.4, -0.2) is 63.8 Å². The highest BCUT2D eigenvalue weighted by atomic mass is 16.1. The number of aryl methyl sites for hydroxylation is 3. The van der Waals surface area contributed by atoms with Crippen molar-refractivity contribution in [2.45, 2.75) is 34.1 Å². The van der Waals surface area contributed by atoms with Gasteiger partial charge in [-0.05, 0) is 80.8 Å². The molecule has 1 aliphatic rings. The zero-order valence-corrected chi connectivity index (χ0v) is 26.5. The van der Waals surface area contributed by atoms with Crippen LogP contribution < -0.4 is 10.2 Å². The number of allylic oxidation sites excluding steroid dienone is 1. The van der Waals surface area contributed by atoms with E-state index >= 15 is 0 Å². The van der Waals surface area contributed by atoms with Crippen LogP contribution in [0.25, 0.3) is 44.5 Å². The summed E-state index contributed by atoms with van der Waals surface area (Å²) in [5.41, 5.74) is 12.6. The number of rotatable bonds is 7. The van der Waals surface area contributed by atoms with E-state index in [0.717, 1.165) is 94.1 Å². The van der Waals surface area contributed by atoms with Crippen molar-refractivity contribution in [3.63, 3.8) is 0 Å². The minimum atomic E-state index is -0.142. The minimum absolute atomic E-state index is 0.142. The summed E-state index contributed by atoms with van der Waals surface area (Å²) in [5.74, 6) is -0.142. The number of H-pyrrole nitrogens is 1. The van der Waals surface area contributed by atoms with Gasteiger partial charge in [-0.1, -0.05) is 37.3 Å². The van der Waals surface area contributed by atoms with Crippen LogP contribution in [0.3, 0.4) is 0 Å². The summed E-state index contributed by atoms with van der Waals surface area (Å²) >= 11 is 0. The van der Waals surface area contributed by atoms with E-state index in [1.807, 2.05) is 38.0 Å². The zero-order valence-electron chi connectivity index (χ0n) is 26.5. The van der Waals surface area contributed by atoms with Crippen molar-refractivity contribution < 1.29 is 4.79 Å². The molecule has 0 spiro atoms. The SMILES string of the molecule is CC=CC(=O)Nc1cc(-c2c(-c3ccc(N4CCN(C)CC4)cc3)[nH]c3ncc(-c4cnn(C)c4C)c(CC)c23)ccc1C. The topological polar surface area (TPSA) is 82.1 Å². The molecule has 44 heavy (non-hydrogen) atoms. The maximum absolute atomic E-state index is 12.6. The predicted octanol–water partition coefficient (Wildman–Crippen LogP) is 6.74. The smallest absolute Gasteiger partial charge is 0.248 e. The van der Waals surface area contributed by atoms with Crippen LogP contribution in [0.4, 0.5) is 11.4 Å². The Hall–Kier alpha value is -4.69. The second-order valence-corrected chi connectivity index (χ2v) is 11.7. The summed E-state index contributed by atoms with van der Waals surface area (Å²) in [6.45, 7) is 12.3. The van der Waals surface area contributed by atoms with Crippen LogP contribution in [0, 0.1) is 13.8 Å². The molecule has 1 aliphatic heterocycles. The summed E-state index contributed by atoms with van der Waals surface area (Å²) in [5, 5.41) is 8.70. The molecule has 6 rings (SSSR count). The normalized spacial score (nSPS) is 14.2. The van der Waals surface area contributed by atoms with E-state index in [4.69, 9.17) is 4.98 Å². The van der Waals surface area contributed by atoms with Gasteiger partial charge in [-0.3, -0.25) is 9.48 Å². The first kappa shape index (κ1) is 29.4. The predicted molar refractivity (Wildman–Crippen MR) is 181 cm³/mol. The van der Waals surface area contributed by atoms with Gasteiger partial charge in [0.25, 0.3) is 0 Å². The van der Waals surface area contributed by atoms with Gasteiger partial charge in [0.05, 0.1) is 11.9 Å². The molecule has 0 bridgehead atoms. The number of amides is 1. The summed E-state index contributed by atoms with van der Waals surface area (Å²) in [7, 11) is 4.15. The lowest BCUT2D eigenvalue weighted by Gasteiger charge is -2.34. The van der Waals surface area contributed by atoms with Gasteiger partial charge in [-0.2, -0.15) is 5.10 Å². The average molecular weight is 588 g/mol. The monoisotopic (exact) mass is 587 g/mol. The molecule has 8 heteroatoms. The number of benzene rings is 2. The van der Waals surface area contributed by atoms with Crippen LogP contribution in [0.1, 0.15) is 30.7 Å². The number of carbonyl (C=O) groups is 1. The number of carbonyl (C=O) groups excluding carboxylic acids is 1. The third-order valence-electron chi connectivity index (χ3n) is 8.94. The molecule has 2 aromatic carbocycles. The first-order valence-electron chi connectivity index (χ1n) is 15.4. The van der Waals surface area contributed by atoms with Crippen molar-refractivity contribution in [1.82, 2.24) is 24.6 Å². The Morgan fingerprint density at radius 3 is 2.36 bits per heavy atom. The molecule has 0 saturated carbocycles. The molecule has 1 saturated heterocycles. The molecule has 4 heterocycles. The lowest BCUT2D eigenvalue weighted by Crippen LogP contribution is -2.44. The Kier molecular flexibility index (Phi) is 8.10. The molecule has 226 valence electrons. The maximum atomic E-state index is 12.6. The van der Waals surface area contributed by atoms with E-state index in [0.29, 0.717) is 0 Å². The zero-order chi connectivity index (χ0) is 31.0. The molecule has 3 aromatic heterocycles. The molecule has 1 amide bonds. The van der Waals surface area contributed by atoms with E-state index in [-0.39, 0.29) is 5.91 Å². The molecular formula is C36H41N7O. The summed E-state index contributed by atoms with van der Waals surface area (Å²) in [6, 6.07) is 15.2. The Labute approximate surface area is 259 Å². The molecule has 8 nitrogen and oxygen atoms in total. The van der Waals surface area contributed by atoms with Crippen molar-refractivity contribution in [2.75, 3.05) is 43.4 Å². The van der Waals surface area contributed by atoms with Crippen LogP contribution in [0.2, 0.25) is 0 Å². The van der Waals surface area contributed by atoms with Crippen molar-refractivity contribution in [2.24, 2.45) is 7.05 Å². The summed E-state index contributed by atoms with van der Waals surface area (Å²) in [4.78, 5) is 26.1. The lowest BCUT2D eigenvalue weighted by atomic mass is 9.91. The fourth-order valence-corrected chi connectivity index (χ4v) is 6.23. The van der Waals surface area contributed by atoms with Crippen LogP contribution in [0.15, 0.2) is 67.0 Å². The number of fused-ring (bicyclic) bond motifs is 1. The molecule has 0 radical (unpaired) electrons. The van der Waals surface area contributed by atoms with Crippen LogP contribution >= 0.6 is 0 Å². The highest BCUT2D eigenvalue weighted by Gasteiger charge is 2.23. The molecule has 0 aliphatic carbocycles. The van der Waals surface area contributed by atoms with Crippen molar-refractivity contribution >= 4 is 28.3 Å². The van der Waals surface area contributed by atoms with E-state index < -0.39 is 0 Å². The second-order valence-electron chi connectivity index (χ2n) is 11.7. The van der Waals surface area contributed by atoms with Gasteiger partial charge in [0.15, 0.2) is 0 Å². The van der Waals surface area contributed by atoms with E-state index in [1.165, 1.54) is 11.3 Å². The largest absolute Gasteiger partial charge is 0.369 e. The number of pyridine rings is 1. The third kappa shape index (κ3) is 5.42. The molecular weight excluding hydrogens is 546 g/mol. The first-order chi connectivity index (χ1) is 21.3. The third-order valence-corrected chi connectivity index (χ3v) is 8.94. The second kappa shape index (κ2) is 12.1. The summed E-state index contributed by atoms with van der Waals surface area (Å²) < 4.78 is 1.91. The van der Waals surface area contributed by atoms with Crippen molar-refractivity contribution in [3.05, 3.63) is 83.8 Å². The lowest BCUT2D eigenvalue weighted by molar-refractivity contribution is -0.111. The number of piperazine rings is 1.